The Kier molecular flexibility index (Phi) is 5.45. The van der Waals surface area contributed by atoms with E-state index in [-0.39, 0.29) is 5.91 Å². The van der Waals surface area contributed by atoms with Gasteiger partial charge in [0.2, 0.25) is 0 Å². The highest BCUT2D eigenvalue weighted by molar-refractivity contribution is 5.94. The average molecular weight is 315 g/mol. The molecule has 0 fully saturated rings. The maximum Gasteiger partial charge on any atom is 0.272 e. The summed E-state index contributed by atoms with van der Waals surface area (Å²) in [5, 5.41) is 0. The number of amides is 1. The van der Waals surface area contributed by atoms with Crippen LogP contribution in [-0.2, 0) is 6.42 Å². The molecule has 0 aromatic carbocycles. The van der Waals surface area contributed by atoms with Gasteiger partial charge in [-0.1, -0.05) is 34.6 Å². The van der Waals surface area contributed by atoms with Gasteiger partial charge in [-0.25, -0.2) is 4.98 Å². The highest BCUT2D eigenvalue weighted by Gasteiger charge is 2.24. The van der Waals surface area contributed by atoms with Gasteiger partial charge in [-0.2, -0.15) is 0 Å². The lowest BCUT2D eigenvalue weighted by Crippen LogP contribution is -2.38. The minimum Gasteiger partial charge on any atom is -0.337 e. The Hall–Kier alpha value is -1.84. The molecule has 23 heavy (non-hydrogen) atoms. The number of nitrogens with zero attached hydrogens (tertiary/aromatic N) is 3. The molecule has 1 amide bonds. The molecule has 4 heteroatoms. The molecular formula is C19H29N3O. The number of fused-ring (bicyclic) bond motifs is 1. The Labute approximate surface area is 139 Å². The van der Waals surface area contributed by atoms with Gasteiger partial charge in [0, 0.05) is 19.3 Å². The van der Waals surface area contributed by atoms with E-state index >= 15 is 0 Å². The summed E-state index contributed by atoms with van der Waals surface area (Å²) in [5.74, 6) is 0.994. The van der Waals surface area contributed by atoms with E-state index in [2.05, 4.69) is 39.6 Å². The highest BCUT2D eigenvalue weighted by Crippen LogP contribution is 2.18. The Bertz CT molecular complexity index is 675. The normalized spacial score (nSPS) is 11.7. The Balaban J connectivity index is 2.48. The molecule has 0 saturated carbocycles. The summed E-state index contributed by atoms with van der Waals surface area (Å²) < 4.78 is 1.95. The summed E-state index contributed by atoms with van der Waals surface area (Å²) in [5.41, 5.74) is 3.63. The van der Waals surface area contributed by atoms with Crippen molar-refractivity contribution < 1.29 is 4.79 Å². The van der Waals surface area contributed by atoms with Gasteiger partial charge in [-0.05, 0) is 42.9 Å². The van der Waals surface area contributed by atoms with Crippen LogP contribution in [0.1, 0.15) is 56.4 Å². The van der Waals surface area contributed by atoms with Crippen LogP contribution in [0.15, 0.2) is 18.3 Å². The van der Waals surface area contributed by atoms with Gasteiger partial charge in [0.05, 0.1) is 5.69 Å². The first-order valence-corrected chi connectivity index (χ1v) is 8.60. The lowest BCUT2D eigenvalue weighted by molar-refractivity contribution is 0.0707. The second-order valence-electron chi connectivity index (χ2n) is 7.19. The van der Waals surface area contributed by atoms with Gasteiger partial charge in [0.15, 0.2) is 0 Å². The fourth-order valence-electron chi connectivity index (χ4n) is 2.94. The first-order chi connectivity index (χ1) is 10.8. The molecule has 0 radical (unpaired) electrons. The fourth-order valence-corrected chi connectivity index (χ4v) is 2.94. The summed E-state index contributed by atoms with van der Waals surface area (Å²) in [6.07, 6.45) is 2.73. The van der Waals surface area contributed by atoms with Gasteiger partial charge in [0.25, 0.3) is 5.91 Å². The van der Waals surface area contributed by atoms with Gasteiger partial charge in [-0.3, -0.25) is 9.20 Å². The third kappa shape index (κ3) is 3.92. The minimum atomic E-state index is 0.0978. The number of aryl methyl sites for hydroxylation is 2. The van der Waals surface area contributed by atoms with Crippen molar-refractivity contribution in [2.75, 3.05) is 13.1 Å². The summed E-state index contributed by atoms with van der Waals surface area (Å²) in [7, 11) is 0. The first kappa shape index (κ1) is 17.5. The second kappa shape index (κ2) is 7.16. The summed E-state index contributed by atoms with van der Waals surface area (Å²) in [4.78, 5) is 19.9. The van der Waals surface area contributed by atoms with Gasteiger partial charge in [0.1, 0.15) is 11.3 Å². The third-order valence-electron chi connectivity index (χ3n) is 3.85. The summed E-state index contributed by atoms with van der Waals surface area (Å²) in [6.45, 7) is 14.3. The molecule has 0 aliphatic rings. The molecule has 0 N–H and O–H groups in total. The zero-order chi connectivity index (χ0) is 17.1. The van der Waals surface area contributed by atoms with Crippen LogP contribution in [0.3, 0.4) is 0 Å². The number of carbonyl (C=O) groups excluding carboxylic acids is 1. The van der Waals surface area contributed by atoms with Gasteiger partial charge in [-0.15, -0.1) is 0 Å². The van der Waals surface area contributed by atoms with Crippen LogP contribution >= 0.6 is 0 Å². The highest BCUT2D eigenvalue weighted by atomic mass is 16.2. The Morgan fingerprint density at radius 3 is 2.35 bits per heavy atom. The Morgan fingerprint density at radius 2 is 1.83 bits per heavy atom. The third-order valence-corrected chi connectivity index (χ3v) is 3.85. The van der Waals surface area contributed by atoms with Crippen molar-refractivity contribution in [2.24, 2.45) is 11.8 Å². The number of hydrogen-bond donors (Lipinski definition) is 0. The molecule has 0 atom stereocenters. The average Bonchev–Trinajstić information content (AvgIpc) is 2.82. The standard InChI is InChI=1S/C19H29N3O/c1-7-16-18(22-9-8-15(6)10-17(22)20-16)19(23)21(11-13(2)3)12-14(4)5/h8-10,13-14H,7,11-12H2,1-6H3. The fraction of sp³-hybridized carbons (Fsp3) is 0.579. The minimum absolute atomic E-state index is 0.0978. The van der Waals surface area contributed by atoms with Gasteiger partial charge < -0.3 is 4.90 Å². The van der Waals surface area contributed by atoms with E-state index in [1.54, 1.807) is 0 Å². The van der Waals surface area contributed by atoms with Crippen molar-refractivity contribution in [3.63, 3.8) is 0 Å². The van der Waals surface area contributed by atoms with E-state index in [0.29, 0.717) is 11.8 Å². The molecule has 2 heterocycles. The molecule has 0 saturated heterocycles. The maximum atomic E-state index is 13.2. The van der Waals surface area contributed by atoms with Crippen molar-refractivity contribution in [2.45, 2.75) is 48.0 Å². The molecule has 2 rings (SSSR count). The van der Waals surface area contributed by atoms with Crippen LogP contribution in [-0.4, -0.2) is 33.3 Å². The molecule has 0 aliphatic carbocycles. The van der Waals surface area contributed by atoms with E-state index in [0.717, 1.165) is 42.1 Å². The topological polar surface area (TPSA) is 37.6 Å². The molecule has 0 aliphatic heterocycles. The van der Waals surface area contributed by atoms with E-state index in [1.807, 2.05) is 34.6 Å². The number of aromatic nitrogens is 2. The summed E-state index contributed by atoms with van der Waals surface area (Å²) in [6, 6.07) is 4.06. The predicted octanol–water partition coefficient (Wildman–Crippen LogP) is 3.96. The van der Waals surface area contributed by atoms with Crippen LogP contribution in [0.4, 0.5) is 0 Å². The second-order valence-corrected chi connectivity index (χ2v) is 7.19. The van der Waals surface area contributed by atoms with Crippen LogP contribution in [0, 0.1) is 18.8 Å². The largest absolute Gasteiger partial charge is 0.337 e. The molecule has 2 aromatic rings. The molecule has 126 valence electrons. The SMILES string of the molecule is CCc1nc2cc(C)ccn2c1C(=O)N(CC(C)C)CC(C)C. The molecule has 0 unspecified atom stereocenters. The number of carbonyl (C=O) groups is 1. The number of imidazole rings is 1. The number of pyridine rings is 1. The van der Waals surface area contributed by atoms with Crippen molar-refractivity contribution in [3.8, 4) is 0 Å². The van der Waals surface area contributed by atoms with Crippen LogP contribution in [0.5, 0.6) is 0 Å². The zero-order valence-electron chi connectivity index (χ0n) is 15.3. The number of rotatable bonds is 6. The lowest BCUT2D eigenvalue weighted by Gasteiger charge is -2.26. The van der Waals surface area contributed by atoms with Crippen LogP contribution < -0.4 is 0 Å². The van der Waals surface area contributed by atoms with Crippen LogP contribution in [0.25, 0.3) is 5.65 Å². The predicted molar refractivity (Wildman–Crippen MR) is 94.9 cm³/mol. The number of hydrogen-bond acceptors (Lipinski definition) is 2. The molecule has 0 spiro atoms. The zero-order valence-corrected chi connectivity index (χ0v) is 15.3. The van der Waals surface area contributed by atoms with Crippen molar-refractivity contribution in [1.82, 2.24) is 14.3 Å². The van der Waals surface area contributed by atoms with Gasteiger partial charge >= 0.3 is 0 Å². The smallest absolute Gasteiger partial charge is 0.272 e. The van der Waals surface area contributed by atoms with Crippen molar-refractivity contribution >= 4 is 11.6 Å². The van der Waals surface area contributed by atoms with Crippen molar-refractivity contribution in [1.29, 1.82) is 0 Å². The molecular weight excluding hydrogens is 286 g/mol. The molecule has 0 bridgehead atoms. The van der Waals surface area contributed by atoms with E-state index in [4.69, 9.17) is 0 Å². The van der Waals surface area contributed by atoms with E-state index in [1.165, 1.54) is 0 Å². The quantitative estimate of drug-likeness (QED) is 0.809. The van der Waals surface area contributed by atoms with Crippen LogP contribution in [0.2, 0.25) is 0 Å². The van der Waals surface area contributed by atoms with E-state index < -0.39 is 0 Å². The monoisotopic (exact) mass is 315 g/mol. The van der Waals surface area contributed by atoms with Crippen molar-refractivity contribution in [3.05, 3.63) is 35.3 Å². The maximum absolute atomic E-state index is 13.2. The molecule has 4 nitrogen and oxygen atoms in total. The summed E-state index contributed by atoms with van der Waals surface area (Å²) >= 11 is 0. The van der Waals surface area contributed by atoms with E-state index in [9.17, 15) is 4.79 Å². The lowest BCUT2D eigenvalue weighted by atomic mass is 10.1. The molecule has 2 aromatic heterocycles. The first-order valence-electron chi connectivity index (χ1n) is 8.60. The Morgan fingerprint density at radius 1 is 1.22 bits per heavy atom.